The first-order valence-electron chi connectivity index (χ1n) is 12.7. The van der Waals surface area contributed by atoms with Gasteiger partial charge >= 0.3 is 6.18 Å². The quantitative estimate of drug-likeness (QED) is 0.325. The van der Waals surface area contributed by atoms with Gasteiger partial charge in [-0.1, -0.05) is 13.3 Å². The van der Waals surface area contributed by atoms with Gasteiger partial charge in [-0.05, 0) is 54.8 Å². The maximum absolute atomic E-state index is 13.6. The Balaban J connectivity index is 1.17. The first-order valence-corrected chi connectivity index (χ1v) is 12.7. The molecule has 7 nitrogen and oxygen atoms in total. The number of hydrogen-bond donors (Lipinski definition) is 2. The molecule has 2 N–H and O–H groups in total. The lowest BCUT2D eigenvalue weighted by Gasteiger charge is -2.19. The third-order valence-electron chi connectivity index (χ3n) is 7.52. The molecule has 0 bridgehead atoms. The smallest absolute Gasteiger partial charge is 0.416 e. The summed E-state index contributed by atoms with van der Waals surface area (Å²) in [5, 5.41) is 2.78. The van der Waals surface area contributed by atoms with Gasteiger partial charge in [-0.3, -0.25) is 4.79 Å². The molecule has 2 aliphatic heterocycles. The summed E-state index contributed by atoms with van der Waals surface area (Å²) in [6.07, 6.45) is -1.06. The fourth-order valence-corrected chi connectivity index (χ4v) is 5.73. The van der Waals surface area contributed by atoms with E-state index in [1.807, 2.05) is 25.1 Å². The minimum absolute atomic E-state index is 0.0388. The monoisotopic (exact) mass is 520 g/mol. The summed E-state index contributed by atoms with van der Waals surface area (Å²) in [6, 6.07) is 10.2. The Labute approximate surface area is 215 Å². The molecule has 10 heteroatoms. The highest BCUT2D eigenvalue weighted by atomic mass is 19.4. The van der Waals surface area contributed by atoms with Crippen molar-refractivity contribution in [3.8, 4) is 17.2 Å². The molecule has 0 saturated heterocycles. The van der Waals surface area contributed by atoms with Crippen LogP contribution in [0.4, 0.5) is 19.0 Å². The Morgan fingerprint density at radius 3 is 2.82 bits per heavy atom. The van der Waals surface area contributed by atoms with Crippen LogP contribution in [0.25, 0.3) is 11.0 Å². The number of anilines is 1. The number of aromatic nitrogens is 3. The zero-order chi connectivity index (χ0) is 26.2. The predicted molar refractivity (Wildman–Crippen MR) is 133 cm³/mol. The zero-order valence-corrected chi connectivity index (χ0v) is 20.4. The van der Waals surface area contributed by atoms with Crippen molar-refractivity contribution in [2.45, 2.75) is 56.7 Å². The second-order valence-electron chi connectivity index (χ2n) is 10.0. The molecule has 3 atom stereocenters. The summed E-state index contributed by atoms with van der Waals surface area (Å²) in [6.45, 7) is 1.86. The molecular formula is C28H23F3N4O3. The molecule has 0 spiro atoms. The molecule has 4 heterocycles. The van der Waals surface area contributed by atoms with Crippen molar-refractivity contribution in [3.63, 3.8) is 0 Å². The van der Waals surface area contributed by atoms with Crippen molar-refractivity contribution in [1.29, 1.82) is 0 Å². The van der Waals surface area contributed by atoms with E-state index < -0.39 is 11.7 Å². The van der Waals surface area contributed by atoms with Crippen molar-refractivity contribution in [3.05, 3.63) is 70.7 Å². The number of hydrogen-bond acceptors (Lipinski definition) is 5. The molecule has 2 aromatic carbocycles. The van der Waals surface area contributed by atoms with Gasteiger partial charge in [0, 0.05) is 29.7 Å². The largest absolute Gasteiger partial charge is 0.489 e. The van der Waals surface area contributed by atoms with Gasteiger partial charge in [-0.15, -0.1) is 0 Å². The Bertz CT molecular complexity index is 1610. The van der Waals surface area contributed by atoms with Gasteiger partial charge in [0.05, 0.1) is 22.5 Å². The first kappa shape index (κ1) is 23.1. The number of carbonyl (C=O) groups excluding carboxylic acids is 1. The number of aromatic amines is 1. The molecule has 1 fully saturated rings. The van der Waals surface area contributed by atoms with Crippen molar-refractivity contribution in [1.82, 2.24) is 15.0 Å². The molecule has 3 aliphatic rings. The summed E-state index contributed by atoms with van der Waals surface area (Å²) in [4.78, 5) is 23.7. The van der Waals surface area contributed by atoms with Crippen LogP contribution in [-0.2, 0) is 23.8 Å². The van der Waals surface area contributed by atoms with Crippen molar-refractivity contribution >= 4 is 22.8 Å². The van der Waals surface area contributed by atoms with Crippen LogP contribution in [0.15, 0.2) is 42.6 Å². The number of imidazole rings is 1. The summed E-state index contributed by atoms with van der Waals surface area (Å²) >= 11 is 0. The number of nitrogens with zero attached hydrogens (tertiary/aromatic N) is 2. The van der Waals surface area contributed by atoms with E-state index in [0.29, 0.717) is 59.9 Å². The highest BCUT2D eigenvalue weighted by molar-refractivity contribution is 5.93. The van der Waals surface area contributed by atoms with E-state index >= 15 is 0 Å². The zero-order valence-electron chi connectivity index (χ0n) is 20.4. The lowest BCUT2D eigenvalue weighted by Crippen LogP contribution is -2.20. The molecule has 194 valence electrons. The predicted octanol–water partition coefficient (Wildman–Crippen LogP) is 6.25. The van der Waals surface area contributed by atoms with Crippen LogP contribution in [0.1, 0.15) is 59.7 Å². The average molecular weight is 521 g/mol. The van der Waals surface area contributed by atoms with E-state index in [4.69, 9.17) is 9.47 Å². The number of aryl methyl sites for hydroxylation is 1. The number of rotatable bonds is 5. The number of H-pyrrole nitrogens is 1. The van der Waals surface area contributed by atoms with Gasteiger partial charge in [0.25, 0.3) is 0 Å². The minimum atomic E-state index is -4.42. The van der Waals surface area contributed by atoms with E-state index in [9.17, 15) is 18.0 Å². The number of pyridine rings is 1. The van der Waals surface area contributed by atoms with Crippen molar-refractivity contribution in [2.24, 2.45) is 0 Å². The molecule has 1 saturated carbocycles. The molecule has 3 unspecified atom stereocenters. The number of ether oxygens (including phenoxy) is 2. The Hall–Kier alpha value is -4.08. The highest BCUT2D eigenvalue weighted by Crippen LogP contribution is 2.63. The maximum atomic E-state index is 13.6. The van der Waals surface area contributed by atoms with Gasteiger partial charge in [-0.25, -0.2) is 9.97 Å². The van der Waals surface area contributed by atoms with Gasteiger partial charge in [-0.2, -0.15) is 13.2 Å². The number of halogens is 3. The summed E-state index contributed by atoms with van der Waals surface area (Å²) in [7, 11) is 0. The van der Waals surface area contributed by atoms with Crippen molar-refractivity contribution in [2.75, 3.05) is 5.32 Å². The Kier molecular flexibility index (Phi) is 4.98. The van der Waals surface area contributed by atoms with E-state index in [0.717, 1.165) is 22.9 Å². The SMILES string of the molecule is CCCc1cc2[nH]c(C3C4Oc5ccc(Oc6ccnc7c6CCC(=O)N7)cc5C43)nc2cc1C(F)(F)F. The molecule has 4 aromatic rings. The highest BCUT2D eigenvalue weighted by Gasteiger charge is 2.61. The van der Waals surface area contributed by atoms with E-state index in [2.05, 4.69) is 20.3 Å². The van der Waals surface area contributed by atoms with Crippen LogP contribution in [0, 0.1) is 0 Å². The van der Waals surface area contributed by atoms with Gasteiger partial charge < -0.3 is 19.8 Å². The molecule has 1 aliphatic carbocycles. The molecular weight excluding hydrogens is 497 g/mol. The Morgan fingerprint density at radius 2 is 2.00 bits per heavy atom. The maximum Gasteiger partial charge on any atom is 0.416 e. The van der Waals surface area contributed by atoms with Crippen LogP contribution in [-0.4, -0.2) is 27.0 Å². The van der Waals surface area contributed by atoms with E-state index in [1.165, 1.54) is 0 Å². The molecule has 1 amide bonds. The standard InChI is InChI=1S/C28H23F3N4O3/c1-2-3-13-10-18-19(12-17(13)28(29,30)31)34-27(33-18)24-23-16-11-14(4-6-20(16)38-25(23)24)37-21-8-9-32-26-15(21)5-7-22(36)35-26/h4,6,8-12,23-25H,2-3,5,7H2,1H3,(H,33,34)(H,32,35,36). The minimum Gasteiger partial charge on any atom is -0.489 e. The van der Waals surface area contributed by atoms with Crippen LogP contribution in [0.2, 0.25) is 0 Å². The third kappa shape index (κ3) is 3.69. The number of alkyl halides is 3. The topological polar surface area (TPSA) is 89.1 Å². The van der Waals surface area contributed by atoms with Crippen LogP contribution >= 0.6 is 0 Å². The lowest BCUT2D eigenvalue weighted by atomic mass is 10.0. The second kappa shape index (κ2) is 8.21. The molecule has 2 aromatic heterocycles. The Morgan fingerprint density at radius 1 is 1.13 bits per heavy atom. The second-order valence-corrected chi connectivity index (χ2v) is 10.0. The average Bonchev–Trinajstić information content (AvgIpc) is 3.22. The van der Waals surface area contributed by atoms with Crippen molar-refractivity contribution < 1.29 is 27.4 Å². The van der Waals surface area contributed by atoms with Crippen LogP contribution < -0.4 is 14.8 Å². The van der Waals surface area contributed by atoms with Crippen LogP contribution in [0.3, 0.4) is 0 Å². The first-order chi connectivity index (χ1) is 18.3. The number of benzene rings is 2. The number of nitrogens with one attached hydrogen (secondary N) is 2. The summed E-state index contributed by atoms with van der Waals surface area (Å²) < 4.78 is 53.3. The summed E-state index contributed by atoms with van der Waals surface area (Å²) in [5.41, 5.74) is 2.41. The summed E-state index contributed by atoms with van der Waals surface area (Å²) in [5.74, 6) is 3.10. The molecule has 38 heavy (non-hydrogen) atoms. The molecule has 0 radical (unpaired) electrons. The fourth-order valence-electron chi connectivity index (χ4n) is 5.73. The number of carbonyl (C=O) groups is 1. The van der Waals surface area contributed by atoms with Gasteiger partial charge in [0.15, 0.2) is 0 Å². The fraction of sp³-hybridized carbons (Fsp3) is 0.321. The number of amides is 1. The lowest BCUT2D eigenvalue weighted by molar-refractivity contribution is -0.138. The third-order valence-corrected chi connectivity index (χ3v) is 7.52. The van der Waals surface area contributed by atoms with Crippen LogP contribution in [0.5, 0.6) is 17.2 Å². The molecule has 7 rings (SSSR count). The normalized spacial score (nSPS) is 21.4. The van der Waals surface area contributed by atoms with Gasteiger partial charge in [0.2, 0.25) is 5.91 Å². The van der Waals surface area contributed by atoms with E-state index in [1.54, 1.807) is 18.3 Å². The van der Waals surface area contributed by atoms with Gasteiger partial charge in [0.1, 0.15) is 35.0 Å². The van der Waals surface area contributed by atoms with E-state index in [-0.39, 0.29) is 29.4 Å². The number of fused-ring (bicyclic) bond motifs is 5.